The second-order valence-electron chi connectivity index (χ2n) is 6.64. The highest BCUT2D eigenvalue weighted by Gasteiger charge is 2.19. The first-order chi connectivity index (χ1) is 14.4. The fraction of sp³-hybridized carbons (Fsp3) is 0.0435. The molecule has 0 saturated heterocycles. The van der Waals surface area contributed by atoms with Crippen LogP contribution in [0.1, 0.15) is 12.5 Å². The maximum atomic E-state index is 13.8. The summed E-state index contributed by atoms with van der Waals surface area (Å²) in [6.07, 6.45) is 0. The van der Waals surface area contributed by atoms with Gasteiger partial charge in [-0.1, -0.05) is 41.9 Å². The Morgan fingerprint density at radius 2 is 1.70 bits per heavy atom. The van der Waals surface area contributed by atoms with Crippen LogP contribution in [-0.4, -0.2) is 15.5 Å². The molecule has 0 saturated carbocycles. The van der Waals surface area contributed by atoms with E-state index in [-0.39, 0.29) is 10.6 Å². The molecule has 0 spiro atoms. The molecule has 4 nitrogen and oxygen atoms in total. The summed E-state index contributed by atoms with van der Waals surface area (Å²) in [7, 11) is 0. The Morgan fingerprint density at radius 3 is 2.37 bits per heavy atom. The number of hydrogen-bond donors (Lipinski definition) is 1. The highest BCUT2D eigenvalue weighted by atomic mass is 35.5. The number of nitrogens with one attached hydrogen (secondary N) is 1. The molecule has 30 heavy (non-hydrogen) atoms. The summed E-state index contributed by atoms with van der Waals surface area (Å²) in [5.74, 6) is -0.990. The molecule has 0 unspecified atom stereocenters. The van der Waals surface area contributed by atoms with E-state index in [0.29, 0.717) is 28.3 Å². The van der Waals surface area contributed by atoms with Crippen molar-refractivity contribution in [3.05, 3.63) is 105 Å². The molecule has 0 aliphatic heterocycles. The van der Waals surface area contributed by atoms with E-state index in [4.69, 9.17) is 11.6 Å². The third-order valence-electron chi connectivity index (χ3n) is 4.60. The topological polar surface area (TPSA) is 50.1 Å². The largest absolute Gasteiger partial charge is 0.290 e. The lowest BCUT2D eigenvalue weighted by Gasteiger charge is -2.03. The predicted octanol–water partition coefficient (Wildman–Crippen LogP) is 5.90. The molecular weight excluding hydrogens is 408 g/mol. The van der Waals surface area contributed by atoms with Gasteiger partial charge in [0.2, 0.25) is 0 Å². The van der Waals surface area contributed by atoms with Gasteiger partial charge >= 0.3 is 0 Å². The fourth-order valence-corrected chi connectivity index (χ4v) is 3.28. The van der Waals surface area contributed by atoms with Crippen molar-refractivity contribution in [1.82, 2.24) is 9.78 Å². The lowest BCUT2D eigenvalue weighted by molar-refractivity contribution is 0.626. The first-order valence-corrected chi connectivity index (χ1v) is 9.49. The number of hydrogen-bond acceptors (Lipinski definition) is 2. The summed E-state index contributed by atoms with van der Waals surface area (Å²) in [6.45, 7) is 1.68. The highest BCUT2D eigenvalue weighted by Crippen LogP contribution is 2.25. The van der Waals surface area contributed by atoms with Crippen molar-refractivity contribution in [2.75, 3.05) is 0 Å². The monoisotopic (exact) mass is 423 g/mol. The molecule has 150 valence electrons. The van der Waals surface area contributed by atoms with Gasteiger partial charge in [0.1, 0.15) is 11.6 Å². The van der Waals surface area contributed by atoms with Gasteiger partial charge in [-0.15, -0.1) is 0 Å². The van der Waals surface area contributed by atoms with Crippen LogP contribution in [0.3, 0.4) is 0 Å². The van der Waals surface area contributed by atoms with Crippen LogP contribution in [0, 0.1) is 11.6 Å². The maximum absolute atomic E-state index is 13.8. The van der Waals surface area contributed by atoms with Crippen molar-refractivity contribution in [2.45, 2.75) is 6.92 Å². The Labute approximate surface area is 176 Å². The van der Waals surface area contributed by atoms with Gasteiger partial charge in [-0.25, -0.2) is 13.5 Å². The molecule has 0 atom stereocenters. The lowest BCUT2D eigenvalue weighted by atomic mass is 10.1. The van der Waals surface area contributed by atoms with E-state index in [1.54, 1.807) is 13.0 Å². The van der Waals surface area contributed by atoms with Gasteiger partial charge < -0.3 is 0 Å². The summed E-state index contributed by atoms with van der Waals surface area (Å²) in [5.41, 5.74) is 2.54. The highest BCUT2D eigenvalue weighted by molar-refractivity contribution is 6.30. The predicted molar refractivity (Wildman–Crippen MR) is 115 cm³/mol. The molecular formula is C23H16ClF2N3O. The number of aliphatic imine (C=N–C) groups is 1. The van der Waals surface area contributed by atoms with Crippen LogP contribution in [0.4, 0.5) is 14.5 Å². The SMILES string of the molecule is CC(=Nc1ccc(Cl)c(F)c1)c1c(-c2ccccc2)[nH]n(-c2ccc(F)cc2)c1=O. The van der Waals surface area contributed by atoms with Crippen molar-refractivity contribution in [1.29, 1.82) is 0 Å². The normalized spacial score (nSPS) is 11.7. The fourth-order valence-electron chi connectivity index (χ4n) is 3.16. The van der Waals surface area contributed by atoms with E-state index in [1.807, 2.05) is 30.3 Å². The molecule has 0 aliphatic carbocycles. The molecule has 4 aromatic rings. The zero-order valence-corrected chi connectivity index (χ0v) is 16.6. The van der Waals surface area contributed by atoms with Crippen LogP contribution in [0.15, 0.2) is 82.6 Å². The van der Waals surface area contributed by atoms with Crippen molar-refractivity contribution in [3.8, 4) is 16.9 Å². The van der Waals surface area contributed by atoms with E-state index < -0.39 is 11.6 Å². The Kier molecular flexibility index (Phi) is 5.33. The van der Waals surface area contributed by atoms with E-state index in [0.717, 1.165) is 5.56 Å². The van der Waals surface area contributed by atoms with Crippen LogP contribution in [0.25, 0.3) is 16.9 Å². The standard InChI is InChI=1S/C23H16ClF2N3O/c1-14(27-17-9-12-19(24)20(26)13-17)21-22(15-5-3-2-4-6-15)28-29(23(21)30)18-10-7-16(25)8-11-18/h2-13,28H,1H3. The quantitative estimate of drug-likeness (QED) is 0.408. The zero-order chi connectivity index (χ0) is 21.3. The average molecular weight is 424 g/mol. The summed E-state index contributed by atoms with van der Waals surface area (Å²) < 4.78 is 28.5. The number of H-pyrrole nitrogens is 1. The van der Waals surface area contributed by atoms with Crippen molar-refractivity contribution in [3.63, 3.8) is 0 Å². The first-order valence-electron chi connectivity index (χ1n) is 9.11. The minimum atomic E-state index is -0.591. The van der Waals surface area contributed by atoms with E-state index in [1.165, 1.54) is 41.1 Å². The van der Waals surface area contributed by atoms with Crippen LogP contribution in [0.5, 0.6) is 0 Å². The third-order valence-corrected chi connectivity index (χ3v) is 4.91. The number of aromatic amines is 1. The minimum Gasteiger partial charge on any atom is -0.290 e. The van der Waals surface area contributed by atoms with Crippen molar-refractivity contribution < 1.29 is 8.78 Å². The Morgan fingerprint density at radius 1 is 1.00 bits per heavy atom. The minimum absolute atomic E-state index is 0.00288. The van der Waals surface area contributed by atoms with Crippen molar-refractivity contribution in [2.24, 2.45) is 4.99 Å². The van der Waals surface area contributed by atoms with E-state index in [2.05, 4.69) is 10.1 Å². The van der Waals surface area contributed by atoms with Gasteiger partial charge in [0.15, 0.2) is 0 Å². The summed E-state index contributed by atoms with van der Waals surface area (Å²) in [6, 6.07) is 19.1. The molecule has 1 N–H and O–H groups in total. The third kappa shape index (κ3) is 3.82. The molecule has 0 fully saturated rings. The molecule has 0 aliphatic rings. The van der Waals surface area contributed by atoms with E-state index in [9.17, 15) is 13.6 Å². The van der Waals surface area contributed by atoms with Gasteiger partial charge in [0, 0.05) is 11.6 Å². The molecule has 1 heterocycles. The number of rotatable bonds is 4. The summed E-state index contributed by atoms with van der Waals surface area (Å²) >= 11 is 5.74. The van der Waals surface area contributed by atoms with Gasteiger partial charge in [-0.3, -0.25) is 14.9 Å². The second kappa shape index (κ2) is 8.08. The number of aromatic nitrogens is 2. The van der Waals surface area contributed by atoms with E-state index >= 15 is 0 Å². The van der Waals surface area contributed by atoms with Crippen LogP contribution in [-0.2, 0) is 0 Å². The van der Waals surface area contributed by atoms with Gasteiger partial charge in [-0.2, -0.15) is 0 Å². The molecule has 0 bridgehead atoms. The molecule has 4 rings (SSSR count). The Bertz CT molecular complexity index is 1290. The van der Waals surface area contributed by atoms with Crippen LogP contribution in [0.2, 0.25) is 5.02 Å². The smallest absolute Gasteiger partial charge is 0.280 e. The summed E-state index contributed by atoms with van der Waals surface area (Å²) in [4.78, 5) is 17.7. The second-order valence-corrected chi connectivity index (χ2v) is 7.05. The van der Waals surface area contributed by atoms with Gasteiger partial charge in [-0.05, 0) is 43.3 Å². The molecule has 0 amide bonds. The maximum Gasteiger partial charge on any atom is 0.280 e. The number of benzene rings is 3. The first kappa shape index (κ1) is 19.8. The van der Waals surface area contributed by atoms with Gasteiger partial charge in [0.05, 0.1) is 33.4 Å². The molecule has 0 radical (unpaired) electrons. The van der Waals surface area contributed by atoms with Gasteiger partial charge in [0.25, 0.3) is 5.56 Å². The van der Waals surface area contributed by atoms with Crippen molar-refractivity contribution >= 4 is 23.0 Å². The average Bonchev–Trinajstić information content (AvgIpc) is 3.09. The van der Waals surface area contributed by atoms with Crippen LogP contribution >= 0.6 is 11.6 Å². The Hall–Kier alpha value is -3.51. The Balaban J connectivity index is 1.90. The molecule has 1 aromatic heterocycles. The van der Waals surface area contributed by atoms with Crippen LogP contribution < -0.4 is 5.56 Å². The zero-order valence-electron chi connectivity index (χ0n) is 15.9. The lowest BCUT2D eigenvalue weighted by Crippen LogP contribution is -2.19. The molecule has 7 heteroatoms. The molecule has 3 aromatic carbocycles. The number of nitrogens with zero attached hydrogens (tertiary/aromatic N) is 2. The number of halogens is 3. The summed E-state index contributed by atoms with van der Waals surface area (Å²) in [5, 5.41) is 3.09.